The smallest absolute Gasteiger partial charge is 0.257 e. The molecule has 1 aliphatic rings. The Morgan fingerprint density at radius 1 is 1.22 bits per heavy atom. The van der Waals surface area contributed by atoms with Gasteiger partial charge in [-0.25, -0.2) is 0 Å². The summed E-state index contributed by atoms with van der Waals surface area (Å²) in [5.74, 6) is -0.630. The van der Waals surface area contributed by atoms with E-state index in [1.165, 1.54) is 11.0 Å². The van der Waals surface area contributed by atoms with E-state index in [2.05, 4.69) is 17.2 Å². The van der Waals surface area contributed by atoms with E-state index >= 15 is 0 Å². The molecule has 2 aromatic rings. The van der Waals surface area contributed by atoms with Crippen molar-refractivity contribution < 1.29 is 9.90 Å². The van der Waals surface area contributed by atoms with Crippen LogP contribution in [0.1, 0.15) is 36.5 Å². The van der Waals surface area contributed by atoms with Crippen molar-refractivity contribution in [2.45, 2.75) is 31.7 Å². The maximum Gasteiger partial charge on any atom is 0.257 e. The third-order valence-corrected chi connectivity index (χ3v) is 5.09. The Kier molecular flexibility index (Phi) is 4.55. The third kappa shape index (κ3) is 3.09. The van der Waals surface area contributed by atoms with Crippen LogP contribution in [0.2, 0.25) is 0 Å². The van der Waals surface area contributed by atoms with Gasteiger partial charge in [0, 0.05) is 19.6 Å². The first-order valence-corrected chi connectivity index (χ1v) is 8.78. The Bertz CT molecular complexity index is 991. The average Bonchev–Trinajstić information content (AvgIpc) is 2.62. The molecule has 7 heteroatoms. The van der Waals surface area contributed by atoms with Crippen molar-refractivity contribution in [2.24, 2.45) is 0 Å². The number of benzene rings is 1. The largest absolute Gasteiger partial charge is 0.505 e. The lowest BCUT2D eigenvalue weighted by Gasteiger charge is -2.45. The molecule has 0 unspecified atom stereocenters. The number of nitrogens with one attached hydrogen (secondary N) is 2. The second kappa shape index (κ2) is 6.57. The summed E-state index contributed by atoms with van der Waals surface area (Å²) in [6.07, 6.45) is 2.29. The monoisotopic (exact) mass is 369 g/mol. The van der Waals surface area contributed by atoms with Crippen molar-refractivity contribution in [1.29, 1.82) is 0 Å². The number of rotatable bonds is 6. The Hall–Kier alpha value is -3.09. The van der Waals surface area contributed by atoms with Crippen molar-refractivity contribution in [3.05, 3.63) is 56.4 Å². The van der Waals surface area contributed by atoms with Gasteiger partial charge < -0.3 is 20.6 Å². The Morgan fingerprint density at radius 2 is 1.85 bits per heavy atom. The minimum Gasteiger partial charge on any atom is -0.505 e. The van der Waals surface area contributed by atoms with Crippen LogP contribution < -0.4 is 21.5 Å². The predicted molar refractivity (Wildman–Crippen MR) is 106 cm³/mol. The molecule has 0 radical (unpaired) electrons. The molecule has 3 N–H and O–H groups in total. The molecule has 7 nitrogen and oxygen atoms in total. The summed E-state index contributed by atoms with van der Waals surface area (Å²) in [7, 11) is 3.16. The second-order valence-corrected chi connectivity index (χ2v) is 7.30. The molecule has 27 heavy (non-hydrogen) atoms. The van der Waals surface area contributed by atoms with Gasteiger partial charge in [0.1, 0.15) is 11.4 Å². The molecule has 0 aromatic heterocycles. The van der Waals surface area contributed by atoms with Gasteiger partial charge in [-0.2, -0.15) is 0 Å². The summed E-state index contributed by atoms with van der Waals surface area (Å²) >= 11 is 0. The maximum absolute atomic E-state index is 12.2. The van der Waals surface area contributed by atoms with Crippen LogP contribution in [-0.2, 0) is 0 Å². The lowest BCUT2D eigenvalue weighted by molar-refractivity contribution is 0.0824. The summed E-state index contributed by atoms with van der Waals surface area (Å²) in [6, 6.07) is 4.64. The quantitative estimate of drug-likeness (QED) is 0.411. The van der Waals surface area contributed by atoms with Crippen LogP contribution in [0.5, 0.6) is 5.75 Å². The van der Waals surface area contributed by atoms with Gasteiger partial charge in [0.25, 0.3) is 16.8 Å². The van der Waals surface area contributed by atoms with Gasteiger partial charge in [-0.05, 0) is 31.4 Å². The topological polar surface area (TPSA) is 98.7 Å². The first kappa shape index (κ1) is 18.7. The van der Waals surface area contributed by atoms with E-state index in [-0.39, 0.29) is 39.8 Å². The van der Waals surface area contributed by atoms with Crippen LogP contribution in [0, 0.1) is 0 Å². The first-order valence-electron chi connectivity index (χ1n) is 8.78. The van der Waals surface area contributed by atoms with Crippen LogP contribution in [0.25, 0.3) is 0 Å². The number of carbonyl (C=O) groups excluding carboxylic acids is 1. The number of aromatic hydroxyl groups is 1. The van der Waals surface area contributed by atoms with E-state index in [1.807, 2.05) is 6.92 Å². The zero-order valence-electron chi connectivity index (χ0n) is 15.7. The van der Waals surface area contributed by atoms with Crippen LogP contribution in [-0.4, -0.2) is 35.5 Å². The molecule has 1 saturated carbocycles. The molecular weight excluding hydrogens is 346 g/mol. The minimum absolute atomic E-state index is 0.107. The van der Waals surface area contributed by atoms with Crippen LogP contribution in [0.4, 0.5) is 17.1 Å². The average molecular weight is 369 g/mol. The number of amides is 1. The fraction of sp³-hybridized carbons (Fsp3) is 0.350. The number of phenols is 1. The van der Waals surface area contributed by atoms with Crippen molar-refractivity contribution in [2.75, 3.05) is 24.7 Å². The summed E-state index contributed by atoms with van der Waals surface area (Å²) in [5.41, 5.74) is 0.243. The molecule has 0 saturated heterocycles. The van der Waals surface area contributed by atoms with Gasteiger partial charge >= 0.3 is 0 Å². The number of anilines is 3. The third-order valence-electron chi connectivity index (χ3n) is 5.09. The number of hydrogen-bond donors (Lipinski definition) is 3. The Labute approximate surface area is 157 Å². The first-order chi connectivity index (χ1) is 12.7. The molecule has 0 aliphatic heterocycles. The summed E-state index contributed by atoms with van der Waals surface area (Å²) in [6.45, 7) is 5.95. The molecule has 142 valence electrons. The maximum atomic E-state index is 12.2. The molecule has 0 heterocycles. The van der Waals surface area contributed by atoms with Crippen molar-refractivity contribution in [3.63, 3.8) is 0 Å². The molecule has 0 bridgehead atoms. The zero-order valence-corrected chi connectivity index (χ0v) is 15.7. The highest BCUT2D eigenvalue weighted by molar-refractivity contribution is 5.99. The van der Waals surface area contributed by atoms with Gasteiger partial charge in [-0.1, -0.05) is 25.1 Å². The van der Waals surface area contributed by atoms with E-state index < -0.39 is 10.9 Å². The molecule has 1 amide bonds. The second-order valence-electron chi connectivity index (χ2n) is 7.30. The summed E-state index contributed by atoms with van der Waals surface area (Å²) in [5, 5.41) is 16.4. The fourth-order valence-corrected chi connectivity index (χ4v) is 3.42. The highest BCUT2D eigenvalue weighted by Crippen LogP contribution is 2.42. The highest BCUT2D eigenvalue weighted by Gasteiger charge is 2.40. The molecular formula is C20H23N3O4. The van der Waals surface area contributed by atoms with Gasteiger partial charge in [0.2, 0.25) is 0 Å². The van der Waals surface area contributed by atoms with E-state index in [4.69, 9.17) is 0 Å². The normalized spacial score (nSPS) is 15.3. The molecule has 0 spiro atoms. The molecule has 2 aromatic carbocycles. The van der Waals surface area contributed by atoms with Gasteiger partial charge in [-0.15, -0.1) is 0 Å². The SMILES string of the molecule is C=C1CC(CC)(Nc2c(Nc3cccc(C(=O)N(C)C)c3O)c(=O)c2=O)C1. The van der Waals surface area contributed by atoms with Crippen molar-refractivity contribution in [1.82, 2.24) is 4.90 Å². The zero-order chi connectivity index (χ0) is 19.9. The van der Waals surface area contributed by atoms with E-state index in [1.54, 1.807) is 26.2 Å². The van der Waals surface area contributed by atoms with E-state index in [0.29, 0.717) is 0 Å². The van der Waals surface area contributed by atoms with Crippen LogP contribution in [0.3, 0.4) is 0 Å². The lowest BCUT2D eigenvalue weighted by Crippen LogP contribution is -2.50. The van der Waals surface area contributed by atoms with Gasteiger partial charge in [-0.3, -0.25) is 14.4 Å². The van der Waals surface area contributed by atoms with Gasteiger partial charge in [0.15, 0.2) is 5.75 Å². The minimum atomic E-state index is -0.648. The van der Waals surface area contributed by atoms with Crippen molar-refractivity contribution in [3.8, 4) is 5.75 Å². The van der Waals surface area contributed by atoms with E-state index in [0.717, 1.165) is 24.8 Å². The van der Waals surface area contributed by atoms with Crippen LogP contribution >= 0.6 is 0 Å². The number of carbonyl (C=O) groups is 1. The Morgan fingerprint density at radius 3 is 2.41 bits per heavy atom. The summed E-state index contributed by atoms with van der Waals surface area (Å²) < 4.78 is 0. The molecule has 1 aliphatic carbocycles. The lowest BCUT2D eigenvalue weighted by atomic mass is 9.71. The molecule has 3 rings (SSSR count). The Balaban J connectivity index is 1.90. The fourth-order valence-electron chi connectivity index (χ4n) is 3.42. The van der Waals surface area contributed by atoms with Gasteiger partial charge in [0.05, 0.1) is 11.3 Å². The highest BCUT2D eigenvalue weighted by atomic mass is 16.3. The summed E-state index contributed by atoms with van der Waals surface area (Å²) in [4.78, 5) is 37.6. The molecule has 1 fully saturated rings. The standard InChI is InChI=1S/C20H23N3O4/c1-5-20(9-11(2)10-20)22-15-14(17(25)18(15)26)21-13-8-6-7-12(16(13)24)19(27)23(3)4/h6-8,21-22,24H,2,5,9-10H2,1,3-4H3. The molecule has 0 atom stereocenters. The van der Waals surface area contributed by atoms with Crippen molar-refractivity contribution >= 4 is 23.0 Å². The number of phenolic OH excluding ortho intramolecular Hbond substituents is 1. The predicted octanol–water partition coefficient (Wildman–Crippen LogP) is 2.34. The van der Waals surface area contributed by atoms with E-state index in [9.17, 15) is 19.5 Å². The number of para-hydroxylation sites is 1. The number of nitrogens with zero attached hydrogens (tertiary/aromatic N) is 1. The van der Waals surface area contributed by atoms with Crippen LogP contribution in [0.15, 0.2) is 39.9 Å². The number of hydrogen-bond acceptors (Lipinski definition) is 6.